The van der Waals surface area contributed by atoms with Crippen LogP contribution < -0.4 is 4.74 Å². The summed E-state index contributed by atoms with van der Waals surface area (Å²) in [6.45, 7) is 14.9. The topological polar surface area (TPSA) is 57.5 Å². The summed E-state index contributed by atoms with van der Waals surface area (Å²) in [6, 6.07) is 10.8. The van der Waals surface area contributed by atoms with Gasteiger partial charge in [-0.25, -0.2) is 4.39 Å². The van der Waals surface area contributed by atoms with Crippen LogP contribution in [0, 0.1) is 12.7 Å². The number of aromatic nitrogens is 1. The zero-order valence-corrected chi connectivity index (χ0v) is 21.1. The third-order valence-electron chi connectivity index (χ3n) is 3.96. The molecule has 1 heterocycles. The lowest BCUT2D eigenvalue weighted by Crippen LogP contribution is -2.13. The van der Waals surface area contributed by atoms with Gasteiger partial charge in [-0.3, -0.25) is 14.2 Å². The van der Waals surface area contributed by atoms with E-state index in [1.165, 1.54) is 37.3 Å². The normalized spacial score (nSPS) is 9.24. The number of aryl methyl sites for hydroxylation is 1. The summed E-state index contributed by atoms with van der Waals surface area (Å²) in [4.78, 5) is 22.6. The van der Waals surface area contributed by atoms with Gasteiger partial charge in [0.1, 0.15) is 18.2 Å². The number of fused-ring (bicyclic) bond motifs is 1. The quantitative estimate of drug-likeness (QED) is 0.294. The summed E-state index contributed by atoms with van der Waals surface area (Å²) >= 11 is 6.16. The lowest BCUT2D eigenvalue weighted by molar-refractivity contribution is -0.139. The highest BCUT2D eigenvalue weighted by Crippen LogP contribution is 2.32. The number of carbonyl (C=O) groups excluding carboxylic acids is 2. The SMILES string of the molecule is C=CCOC(C)=O.CC.CC.COc1cc2cc(C)n(C(=O)c3ccc(F)cc3)c2cc1Cl. The van der Waals surface area contributed by atoms with Gasteiger partial charge in [0.05, 0.1) is 17.6 Å². The molecule has 1 aromatic heterocycles. The second kappa shape index (κ2) is 15.6. The molecule has 0 saturated carbocycles. The number of carbonyl (C=O) groups is 2. The molecule has 0 spiro atoms. The minimum absolute atomic E-state index is 0.228. The Morgan fingerprint density at radius 3 is 2.12 bits per heavy atom. The van der Waals surface area contributed by atoms with Crippen LogP contribution in [0.2, 0.25) is 5.02 Å². The molecule has 0 fully saturated rings. The maximum Gasteiger partial charge on any atom is 0.302 e. The molecular formula is C26H33ClFNO4. The fraction of sp³-hybridized carbons (Fsp3) is 0.308. The molecule has 0 saturated heterocycles. The Kier molecular flexibility index (Phi) is 14.2. The van der Waals surface area contributed by atoms with Crippen LogP contribution in [-0.2, 0) is 9.53 Å². The summed E-state index contributed by atoms with van der Waals surface area (Å²) in [5.74, 6) is -0.312. The maximum atomic E-state index is 13.0. The van der Waals surface area contributed by atoms with E-state index in [1.54, 1.807) is 23.8 Å². The Hall–Kier alpha value is -3.12. The lowest BCUT2D eigenvalue weighted by Gasteiger charge is -2.08. The number of esters is 1. The molecule has 0 aliphatic heterocycles. The van der Waals surface area contributed by atoms with Gasteiger partial charge in [0.2, 0.25) is 0 Å². The molecule has 3 aromatic rings. The third kappa shape index (κ3) is 8.73. The smallest absolute Gasteiger partial charge is 0.302 e. The zero-order valence-electron chi connectivity index (χ0n) is 20.4. The molecule has 0 bridgehead atoms. The predicted molar refractivity (Wildman–Crippen MR) is 134 cm³/mol. The van der Waals surface area contributed by atoms with E-state index in [4.69, 9.17) is 16.3 Å². The van der Waals surface area contributed by atoms with Gasteiger partial charge >= 0.3 is 5.97 Å². The first-order valence-electron chi connectivity index (χ1n) is 10.7. The molecule has 7 heteroatoms. The van der Waals surface area contributed by atoms with Gasteiger partial charge in [0.15, 0.2) is 0 Å². The molecule has 180 valence electrons. The number of benzene rings is 2. The van der Waals surface area contributed by atoms with Crippen molar-refractivity contribution in [3.05, 3.63) is 77.2 Å². The van der Waals surface area contributed by atoms with Gasteiger partial charge in [-0.1, -0.05) is 52.0 Å². The Bertz CT molecular complexity index is 1040. The molecule has 0 amide bonds. The third-order valence-corrected chi connectivity index (χ3v) is 4.25. The molecule has 0 radical (unpaired) electrons. The van der Waals surface area contributed by atoms with Crippen molar-refractivity contribution in [2.75, 3.05) is 13.7 Å². The predicted octanol–water partition coefficient (Wildman–Crippen LogP) is 7.23. The minimum atomic E-state index is -0.376. The molecule has 0 N–H and O–H groups in total. The van der Waals surface area contributed by atoms with Gasteiger partial charge in [-0.05, 0) is 49.4 Å². The van der Waals surface area contributed by atoms with Crippen molar-refractivity contribution in [2.24, 2.45) is 0 Å². The average molecular weight is 478 g/mol. The Labute approximate surface area is 200 Å². The van der Waals surface area contributed by atoms with Crippen molar-refractivity contribution in [3.63, 3.8) is 0 Å². The molecule has 33 heavy (non-hydrogen) atoms. The van der Waals surface area contributed by atoms with Crippen molar-refractivity contribution in [1.82, 2.24) is 4.57 Å². The molecule has 0 unspecified atom stereocenters. The van der Waals surface area contributed by atoms with E-state index in [1.807, 2.05) is 40.7 Å². The second-order valence-corrected chi connectivity index (χ2v) is 6.48. The fourth-order valence-electron chi connectivity index (χ4n) is 2.67. The number of hydrogen-bond acceptors (Lipinski definition) is 4. The molecule has 5 nitrogen and oxygen atoms in total. The highest BCUT2D eigenvalue weighted by Gasteiger charge is 2.16. The molecule has 2 aromatic carbocycles. The Morgan fingerprint density at radius 1 is 1.09 bits per heavy atom. The van der Waals surface area contributed by atoms with E-state index in [2.05, 4.69) is 11.3 Å². The van der Waals surface area contributed by atoms with E-state index < -0.39 is 0 Å². The number of halogens is 2. The Balaban J connectivity index is 0.000000793. The van der Waals surface area contributed by atoms with Crippen molar-refractivity contribution in [2.45, 2.75) is 41.5 Å². The van der Waals surface area contributed by atoms with Crippen molar-refractivity contribution in [3.8, 4) is 5.75 Å². The fourth-order valence-corrected chi connectivity index (χ4v) is 2.91. The van der Waals surface area contributed by atoms with Gasteiger partial charge in [0.25, 0.3) is 5.91 Å². The van der Waals surface area contributed by atoms with Crippen LogP contribution in [0.1, 0.15) is 50.7 Å². The highest BCUT2D eigenvalue weighted by atomic mass is 35.5. The number of hydrogen-bond donors (Lipinski definition) is 0. The van der Waals surface area contributed by atoms with Gasteiger partial charge in [-0.15, -0.1) is 0 Å². The van der Waals surface area contributed by atoms with Crippen LogP contribution in [0.3, 0.4) is 0 Å². The van der Waals surface area contributed by atoms with E-state index in [9.17, 15) is 14.0 Å². The van der Waals surface area contributed by atoms with Crippen LogP contribution in [0.4, 0.5) is 4.39 Å². The maximum absolute atomic E-state index is 13.0. The van der Waals surface area contributed by atoms with E-state index in [0.29, 0.717) is 28.5 Å². The monoisotopic (exact) mass is 477 g/mol. The standard InChI is InChI=1S/C17H13ClFNO2.C5H8O2.2C2H6/c1-10-7-12-8-16(22-2)14(18)9-15(12)20(10)17(21)11-3-5-13(19)6-4-11;1-3-4-7-5(2)6;2*1-2/h3-9H,1-2H3;3H,1,4H2,2H3;2*1-2H3. The summed E-state index contributed by atoms with van der Waals surface area (Å²) in [7, 11) is 1.54. The van der Waals surface area contributed by atoms with Gasteiger partial charge < -0.3 is 9.47 Å². The van der Waals surface area contributed by atoms with Gasteiger partial charge in [-0.2, -0.15) is 0 Å². The van der Waals surface area contributed by atoms with Crippen LogP contribution >= 0.6 is 11.6 Å². The number of methoxy groups -OCH3 is 1. The van der Waals surface area contributed by atoms with Crippen LogP contribution in [-0.4, -0.2) is 30.2 Å². The first-order valence-corrected chi connectivity index (χ1v) is 11.1. The highest BCUT2D eigenvalue weighted by molar-refractivity contribution is 6.33. The van der Waals surface area contributed by atoms with Crippen molar-refractivity contribution >= 4 is 34.4 Å². The summed E-state index contributed by atoms with van der Waals surface area (Å²) < 4.78 is 24.2. The van der Waals surface area contributed by atoms with Crippen LogP contribution in [0.5, 0.6) is 5.75 Å². The molecule has 0 aliphatic carbocycles. The number of ether oxygens (including phenoxy) is 2. The van der Waals surface area contributed by atoms with E-state index >= 15 is 0 Å². The number of rotatable bonds is 4. The molecule has 0 atom stereocenters. The van der Waals surface area contributed by atoms with E-state index in [0.717, 1.165) is 11.1 Å². The first-order chi connectivity index (χ1) is 15.8. The summed E-state index contributed by atoms with van der Waals surface area (Å²) in [5.41, 5.74) is 1.88. The molecule has 3 rings (SSSR count). The molecular weight excluding hydrogens is 445 g/mol. The van der Waals surface area contributed by atoms with Gasteiger partial charge in [0, 0.05) is 23.6 Å². The van der Waals surface area contributed by atoms with E-state index in [-0.39, 0.29) is 17.7 Å². The van der Waals surface area contributed by atoms with Crippen molar-refractivity contribution < 1.29 is 23.5 Å². The second-order valence-electron chi connectivity index (χ2n) is 6.07. The van der Waals surface area contributed by atoms with Crippen LogP contribution in [0.15, 0.2) is 55.1 Å². The zero-order chi connectivity index (χ0) is 25.6. The first kappa shape index (κ1) is 29.9. The minimum Gasteiger partial charge on any atom is -0.495 e. The van der Waals surface area contributed by atoms with Crippen molar-refractivity contribution in [1.29, 1.82) is 0 Å². The lowest BCUT2D eigenvalue weighted by atomic mass is 10.2. The number of nitrogens with zero attached hydrogens (tertiary/aromatic N) is 1. The van der Waals surface area contributed by atoms with Crippen LogP contribution in [0.25, 0.3) is 10.9 Å². The summed E-state index contributed by atoms with van der Waals surface area (Å²) in [5, 5.41) is 1.29. The average Bonchev–Trinajstić information content (AvgIpc) is 3.14. The molecule has 0 aliphatic rings. The summed E-state index contributed by atoms with van der Waals surface area (Å²) in [6.07, 6.45) is 1.53. The largest absolute Gasteiger partial charge is 0.495 e. The Morgan fingerprint density at radius 2 is 1.67 bits per heavy atom.